The highest BCUT2D eigenvalue weighted by Gasteiger charge is 2.27. The van der Waals surface area contributed by atoms with E-state index in [9.17, 15) is 9.59 Å². The van der Waals surface area contributed by atoms with Crippen LogP contribution in [0, 0.1) is 6.92 Å². The van der Waals surface area contributed by atoms with Crippen molar-refractivity contribution in [3.8, 4) is 17.0 Å². The molecule has 1 fully saturated rings. The minimum Gasteiger partial charge on any atom is -0.496 e. The van der Waals surface area contributed by atoms with E-state index in [2.05, 4.69) is 4.98 Å². The standard InChI is InChI=1S/C20H26N4O3/c1-14-11-16(5-6-19(14)27-4)18-12-24(13-21-18)20(26)22(3)17-7-9-23(10-8-17)15(2)25/h5-6,11-13,17H,7-10H2,1-4H3. The highest BCUT2D eigenvalue weighted by Crippen LogP contribution is 2.25. The molecule has 2 aromatic rings. The van der Waals surface area contributed by atoms with Crippen LogP contribution >= 0.6 is 0 Å². The lowest BCUT2D eigenvalue weighted by molar-refractivity contribution is -0.130. The number of benzene rings is 1. The first-order chi connectivity index (χ1) is 12.9. The number of piperidine rings is 1. The summed E-state index contributed by atoms with van der Waals surface area (Å²) in [5.74, 6) is 0.919. The summed E-state index contributed by atoms with van der Waals surface area (Å²) in [5.41, 5.74) is 2.70. The van der Waals surface area contributed by atoms with E-state index in [1.807, 2.05) is 37.1 Å². The van der Waals surface area contributed by atoms with E-state index in [1.54, 1.807) is 31.5 Å². The predicted molar refractivity (Wildman–Crippen MR) is 103 cm³/mol. The second kappa shape index (κ2) is 7.82. The fraction of sp³-hybridized carbons (Fsp3) is 0.450. The van der Waals surface area contributed by atoms with Crippen molar-refractivity contribution < 1.29 is 14.3 Å². The quantitative estimate of drug-likeness (QED) is 0.833. The van der Waals surface area contributed by atoms with Crippen LogP contribution in [0.2, 0.25) is 0 Å². The van der Waals surface area contributed by atoms with E-state index in [0.717, 1.165) is 35.4 Å². The first-order valence-electron chi connectivity index (χ1n) is 9.12. The summed E-state index contributed by atoms with van der Waals surface area (Å²) in [4.78, 5) is 32.2. The summed E-state index contributed by atoms with van der Waals surface area (Å²) in [6.45, 7) is 4.95. The number of methoxy groups -OCH3 is 1. The fourth-order valence-corrected chi connectivity index (χ4v) is 3.52. The first kappa shape index (κ1) is 18.9. The molecule has 144 valence electrons. The molecule has 0 atom stereocenters. The van der Waals surface area contributed by atoms with Gasteiger partial charge in [-0.05, 0) is 43.5 Å². The van der Waals surface area contributed by atoms with E-state index < -0.39 is 0 Å². The third-order valence-electron chi connectivity index (χ3n) is 5.25. The van der Waals surface area contributed by atoms with E-state index >= 15 is 0 Å². The average Bonchev–Trinajstić information content (AvgIpc) is 3.17. The Kier molecular flexibility index (Phi) is 5.48. The highest BCUT2D eigenvalue weighted by molar-refractivity contribution is 5.78. The third-order valence-corrected chi connectivity index (χ3v) is 5.25. The zero-order valence-corrected chi connectivity index (χ0v) is 16.3. The molecule has 0 spiro atoms. The summed E-state index contributed by atoms with van der Waals surface area (Å²) < 4.78 is 6.81. The number of carbonyl (C=O) groups excluding carboxylic acids is 2. The van der Waals surface area contributed by atoms with Crippen molar-refractivity contribution in [2.45, 2.75) is 32.7 Å². The molecule has 0 aliphatic carbocycles. The summed E-state index contributed by atoms with van der Waals surface area (Å²) in [7, 11) is 3.46. The van der Waals surface area contributed by atoms with E-state index in [0.29, 0.717) is 13.1 Å². The molecule has 0 saturated carbocycles. The second-order valence-electron chi connectivity index (χ2n) is 6.98. The van der Waals surface area contributed by atoms with Crippen LogP contribution in [-0.4, -0.2) is 64.6 Å². The molecular formula is C20H26N4O3. The lowest BCUT2D eigenvalue weighted by atomic mass is 10.0. The normalized spacial score (nSPS) is 14.9. The van der Waals surface area contributed by atoms with Crippen LogP contribution < -0.4 is 4.74 Å². The van der Waals surface area contributed by atoms with Gasteiger partial charge in [0.2, 0.25) is 5.91 Å². The predicted octanol–water partition coefficient (Wildman–Crippen LogP) is 2.78. The van der Waals surface area contributed by atoms with Crippen LogP contribution in [0.25, 0.3) is 11.3 Å². The molecule has 7 heteroatoms. The monoisotopic (exact) mass is 370 g/mol. The lowest BCUT2D eigenvalue weighted by Crippen LogP contribution is -2.47. The maximum Gasteiger partial charge on any atom is 0.329 e. The number of amides is 2. The Labute approximate surface area is 159 Å². The largest absolute Gasteiger partial charge is 0.496 e. The summed E-state index contributed by atoms with van der Waals surface area (Å²) in [5, 5.41) is 0. The van der Waals surface area contributed by atoms with Crippen molar-refractivity contribution in [1.82, 2.24) is 19.4 Å². The minimum atomic E-state index is -0.111. The van der Waals surface area contributed by atoms with E-state index in [4.69, 9.17) is 4.74 Å². The van der Waals surface area contributed by atoms with Crippen LogP contribution in [0.5, 0.6) is 5.75 Å². The molecule has 2 heterocycles. The smallest absolute Gasteiger partial charge is 0.329 e. The van der Waals surface area contributed by atoms with Crippen molar-refractivity contribution in [3.63, 3.8) is 0 Å². The first-order valence-corrected chi connectivity index (χ1v) is 9.12. The van der Waals surface area contributed by atoms with Crippen LogP contribution in [0.3, 0.4) is 0 Å². The van der Waals surface area contributed by atoms with Crippen molar-refractivity contribution in [3.05, 3.63) is 36.3 Å². The number of ether oxygens (including phenoxy) is 1. The second-order valence-corrected chi connectivity index (χ2v) is 6.98. The molecule has 2 amide bonds. The number of rotatable bonds is 3. The molecule has 1 aliphatic rings. The van der Waals surface area contributed by atoms with Gasteiger partial charge in [0.1, 0.15) is 12.1 Å². The highest BCUT2D eigenvalue weighted by atomic mass is 16.5. The molecule has 1 aliphatic heterocycles. The Balaban J connectivity index is 1.69. The van der Waals surface area contributed by atoms with Crippen molar-refractivity contribution >= 4 is 11.9 Å². The van der Waals surface area contributed by atoms with Crippen molar-refractivity contribution in [2.24, 2.45) is 0 Å². The number of imidazole rings is 1. The topological polar surface area (TPSA) is 67.7 Å². The van der Waals surface area contributed by atoms with Gasteiger partial charge in [0.25, 0.3) is 0 Å². The molecule has 0 bridgehead atoms. The molecule has 0 radical (unpaired) electrons. The van der Waals surface area contributed by atoms with Crippen LogP contribution in [0.15, 0.2) is 30.7 Å². The molecule has 0 unspecified atom stereocenters. The van der Waals surface area contributed by atoms with Gasteiger partial charge in [0, 0.05) is 44.9 Å². The SMILES string of the molecule is COc1ccc(-c2cn(C(=O)N(C)C3CCN(C(C)=O)CC3)cn2)cc1C. The number of hydrogen-bond donors (Lipinski definition) is 0. The molecule has 0 N–H and O–H groups in total. The van der Waals surface area contributed by atoms with Gasteiger partial charge in [-0.2, -0.15) is 0 Å². The zero-order chi connectivity index (χ0) is 19.6. The fourth-order valence-electron chi connectivity index (χ4n) is 3.52. The number of carbonyl (C=O) groups is 2. The lowest BCUT2D eigenvalue weighted by Gasteiger charge is -2.36. The molecule has 7 nitrogen and oxygen atoms in total. The van der Waals surface area contributed by atoms with Crippen LogP contribution in [0.1, 0.15) is 25.3 Å². The summed E-state index contributed by atoms with van der Waals surface area (Å²) >= 11 is 0. The number of aryl methyl sites for hydroxylation is 1. The molecule has 1 aromatic heterocycles. The summed E-state index contributed by atoms with van der Waals surface area (Å²) in [6, 6.07) is 5.85. The Hall–Kier alpha value is -2.83. The number of hydrogen-bond acceptors (Lipinski definition) is 4. The van der Waals surface area contributed by atoms with E-state index in [1.165, 1.54) is 4.57 Å². The van der Waals surface area contributed by atoms with Gasteiger partial charge in [-0.25, -0.2) is 9.78 Å². The van der Waals surface area contributed by atoms with Gasteiger partial charge >= 0.3 is 6.03 Å². The van der Waals surface area contributed by atoms with Gasteiger partial charge in [-0.15, -0.1) is 0 Å². The molecular weight excluding hydrogens is 344 g/mol. The number of aromatic nitrogens is 2. The Morgan fingerprint density at radius 2 is 1.96 bits per heavy atom. The van der Waals surface area contributed by atoms with Gasteiger partial charge in [0.05, 0.1) is 12.8 Å². The maximum absolute atomic E-state index is 12.8. The zero-order valence-electron chi connectivity index (χ0n) is 16.3. The number of nitrogens with zero attached hydrogens (tertiary/aromatic N) is 4. The van der Waals surface area contributed by atoms with Gasteiger partial charge in [-0.1, -0.05) is 0 Å². The minimum absolute atomic E-state index is 0.0940. The Morgan fingerprint density at radius 1 is 1.26 bits per heavy atom. The maximum atomic E-state index is 12.8. The van der Waals surface area contributed by atoms with Crippen LogP contribution in [-0.2, 0) is 4.79 Å². The Bertz CT molecular complexity index is 838. The molecule has 1 saturated heterocycles. The van der Waals surface area contributed by atoms with Crippen molar-refractivity contribution in [2.75, 3.05) is 27.2 Å². The molecule has 1 aromatic carbocycles. The van der Waals surface area contributed by atoms with Crippen LogP contribution in [0.4, 0.5) is 4.79 Å². The van der Waals surface area contributed by atoms with Gasteiger partial charge in [0.15, 0.2) is 0 Å². The molecule has 27 heavy (non-hydrogen) atoms. The van der Waals surface area contributed by atoms with Gasteiger partial charge in [-0.3, -0.25) is 9.36 Å². The van der Waals surface area contributed by atoms with Gasteiger partial charge < -0.3 is 14.5 Å². The van der Waals surface area contributed by atoms with E-state index in [-0.39, 0.29) is 18.0 Å². The average molecular weight is 370 g/mol. The van der Waals surface area contributed by atoms with Crippen molar-refractivity contribution in [1.29, 1.82) is 0 Å². The molecule has 3 rings (SSSR count). The third kappa shape index (κ3) is 3.97. The summed E-state index contributed by atoms with van der Waals surface area (Å²) in [6.07, 6.45) is 4.89. The Morgan fingerprint density at radius 3 is 2.56 bits per heavy atom. The number of likely N-dealkylation sites (tertiary alicyclic amines) is 1.